The van der Waals surface area contributed by atoms with Crippen molar-refractivity contribution >= 4 is 23.2 Å². The predicted octanol–water partition coefficient (Wildman–Crippen LogP) is 1.94. The number of anilines is 2. The molecule has 0 saturated carbocycles. The van der Waals surface area contributed by atoms with Crippen molar-refractivity contribution in [3.05, 3.63) is 23.8 Å². The molecule has 1 heterocycles. The zero-order valence-corrected chi connectivity index (χ0v) is 10.1. The third-order valence-electron chi connectivity index (χ3n) is 3.03. The van der Waals surface area contributed by atoms with E-state index < -0.39 is 0 Å². The first-order valence-electron chi connectivity index (χ1n) is 5.81. The molecule has 0 aromatic heterocycles. The molecule has 1 N–H and O–H groups in total. The van der Waals surface area contributed by atoms with Crippen LogP contribution in [0.4, 0.5) is 11.4 Å². The van der Waals surface area contributed by atoms with Gasteiger partial charge in [0.15, 0.2) is 0 Å². The molecule has 1 aliphatic rings. The van der Waals surface area contributed by atoms with Crippen LogP contribution in [0.2, 0.25) is 0 Å². The van der Waals surface area contributed by atoms with Crippen molar-refractivity contribution in [2.24, 2.45) is 0 Å². The normalized spacial score (nSPS) is 14.5. The fourth-order valence-corrected chi connectivity index (χ4v) is 1.98. The monoisotopic (exact) mass is 232 g/mol. The van der Waals surface area contributed by atoms with E-state index in [1.165, 1.54) is 0 Å². The third-order valence-corrected chi connectivity index (χ3v) is 3.03. The van der Waals surface area contributed by atoms with E-state index in [0.29, 0.717) is 12.8 Å². The van der Waals surface area contributed by atoms with Crippen molar-refractivity contribution in [1.29, 1.82) is 0 Å². The van der Waals surface area contributed by atoms with Crippen LogP contribution in [0.5, 0.6) is 0 Å². The maximum atomic E-state index is 11.5. The van der Waals surface area contributed by atoms with E-state index in [1.54, 1.807) is 11.9 Å². The molecule has 2 amide bonds. The van der Waals surface area contributed by atoms with Gasteiger partial charge in [-0.15, -0.1) is 0 Å². The van der Waals surface area contributed by atoms with Gasteiger partial charge >= 0.3 is 0 Å². The molecule has 0 spiro atoms. The van der Waals surface area contributed by atoms with Crippen LogP contribution in [0, 0.1) is 0 Å². The summed E-state index contributed by atoms with van der Waals surface area (Å²) in [6.07, 6.45) is 1.75. The van der Waals surface area contributed by atoms with Gasteiger partial charge in [0, 0.05) is 31.3 Å². The highest BCUT2D eigenvalue weighted by atomic mass is 16.2. The van der Waals surface area contributed by atoms with Crippen molar-refractivity contribution in [1.82, 2.24) is 0 Å². The Labute approximate surface area is 101 Å². The summed E-state index contributed by atoms with van der Waals surface area (Å²) in [6, 6.07) is 5.67. The summed E-state index contributed by atoms with van der Waals surface area (Å²) in [5.41, 5.74) is 2.86. The zero-order chi connectivity index (χ0) is 12.4. The molecular weight excluding hydrogens is 216 g/mol. The Hall–Kier alpha value is -1.84. The first-order valence-corrected chi connectivity index (χ1v) is 5.81. The molecule has 1 aromatic rings. The highest BCUT2D eigenvalue weighted by Gasteiger charge is 2.20. The molecule has 90 valence electrons. The SMILES string of the molecule is CCC(=O)Nc1ccc2c(c1)CCC(=O)N2C. The van der Waals surface area contributed by atoms with Crippen LogP contribution in [-0.2, 0) is 16.0 Å². The Bertz CT molecular complexity index is 468. The molecule has 0 unspecified atom stereocenters. The maximum Gasteiger partial charge on any atom is 0.227 e. The van der Waals surface area contributed by atoms with E-state index in [2.05, 4.69) is 5.32 Å². The molecule has 17 heavy (non-hydrogen) atoms. The molecule has 0 fully saturated rings. The van der Waals surface area contributed by atoms with Crippen LogP contribution >= 0.6 is 0 Å². The third kappa shape index (κ3) is 2.30. The van der Waals surface area contributed by atoms with Crippen molar-refractivity contribution in [2.75, 3.05) is 17.3 Å². The molecule has 0 saturated heterocycles. The second-order valence-electron chi connectivity index (χ2n) is 4.20. The number of aryl methyl sites for hydroxylation is 1. The Kier molecular flexibility index (Phi) is 3.13. The molecule has 4 nitrogen and oxygen atoms in total. The Morgan fingerprint density at radius 2 is 2.18 bits per heavy atom. The second-order valence-corrected chi connectivity index (χ2v) is 4.20. The van der Waals surface area contributed by atoms with Crippen LogP contribution in [0.3, 0.4) is 0 Å². The fraction of sp³-hybridized carbons (Fsp3) is 0.385. The average Bonchev–Trinajstić information content (AvgIpc) is 2.34. The summed E-state index contributed by atoms with van der Waals surface area (Å²) < 4.78 is 0. The quantitative estimate of drug-likeness (QED) is 0.847. The lowest BCUT2D eigenvalue weighted by Gasteiger charge is -2.26. The van der Waals surface area contributed by atoms with Crippen LogP contribution in [-0.4, -0.2) is 18.9 Å². The lowest BCUT2D eigenvalue weighted by atomic mass is 10.0. The van der Waals surface area contributed by atoms with Crippen LogP contribution in [0.1, 0.15) is 25.3 Å². The second kappa shape index (κ2) is 4.57. The molecular formula is C13H16N2O2. The minimum atomic E-state index is 0.00481. The minimum absolute atomic E-state index is 0.00481. The van der Waals surface area contributed by atoms with E-state index in [4.69, 9.17) is 0 Å². The predicted molar refractivity (Wildman–Crippen MR) is 67.1 cm³/mol. The van der Waals surface area contributed by atoms with Crippen LogP contribution in [0.15, 0.2) is 18.2 Å². The lowest BCUT2D eigenvalue weighted by Crippen LogP contribution is -2.31. The number of nitrogens with one attached hydrogen (secondary N) is 1. The Morgan fingerprint density at radius 3 is 2.88 bits per heavy atom. The molecule has 1 aliphatic heterocycles. The van der Waals surface area contributed by atoms with E-state index in [1.807, 2.05) is 25.1 Å². The van der Waals surface area contributed by atoms with Crippen LogP contribution < -0.4 is 10.2 Å². The number of fused-ring (bicyclic) bond motifs is 1. The van der Waals surface area contributed by atoms with Crippen molar-refractivity contribution in [3.8, 4) is 0 Å². The number of benzene rings is 1. The van der Waals surface area contributed by atoms with Crippen molar-refractivity contribution < 1.29 is 9.59 Å². The van der Waals surface area contributed by atoms with Gasteiger partial charge in [-0.3, -0.25) is 9.59 Å². The molecule has 4 heteroatoms. The summed E-state index contributed by atoms with van der Waals surface area (Å²) in [4.78, 5) is 24.5. The number of carbonyl (C=O) groups excluding carboxylic acids is 2. The van der Waals surface area contributed by atoms with E-state index >= 15 is 0 Å². The van der Waals surface area contributed by atoms with Gasteiger partial charge in [-0.05, 0) is 30.2 Å². The molecule has 2 rings (SSSR count). The minimum Gasteiger partial charge on any atom is -0.326 e. The molecule has 0 bridgehead atoms. The zero-order valence-electron chi connectivity index (χ0n) is 10.1. The maximum absolute atomic E-state index is 11.5. The summed E-state index contributed by atoms with van der Waals surface area (Å²) in [5.74, 6) is 0.146. The van der Waals surface area contributed by atoms with Gasteiger partial charge in [0.25, 0.3) is 0 Å². The van der Waals surface area contributed by atoms with E-state index in [-0.39, 0.29) is 11.8 Å². The first kappa shape index (κ1) is 11.6. The van der Waals surface area contributed by atoms with Gasteiger partial charge in [-0.2, -0.15) is 0 Å². The molecule has 0 aliphatic carbocycles. The van der Waals surface area contributed by atoms with Gasteiger partial charge < -0.3 is 10.2 Å². The summed E-state index contributed by atoms with van der Waals surface area (Å²) >= 11 is 0. The molecule has 0 radical (unpaired) electrons. The summed E-state index contributed by atoms with van der Waals surface area (Å²) in [5, 5.41) is 2.83. The number of carbonyl (C=O) groups is 2. The number of hydrogen-bond donors (Lipinski definition) is 1. The average molecular weight is 232 g/mol. The largest absolute Gasteiger partial charge is 0.326 e. The standard InChI is InChI=1S/C13H16N2O2/c1-3-12(16)14-10-5-6-11-9(8-10)4-7-13(17)15(11)2/h5-6,8H,3-4,7H2,1-2H3,(H,14,16). The Balaban J connectivity index is 2.26. The smallest absolute Gasteiger partial charge is 0.227 e. The number of hydrogen-bond acceptors (Lipinski definition) is 2. The van der Waals surface area contributed by atoms with Crippen molar-refractivity contribution in [2.45, 2.75) is 26.2 Å². The topological polar surface area (TPSA) is 49.4 Å². The van der Waals surface area contributed by atoms with Gasteiger partial charge in [0.05, 0.1) is 0 Å². The Morgan fingerprint density at radius 1 is 1.41 bits per heavy atom. The van der Waals surface area contributed by atoms with Crippen LogP contribution in [0.25, 0.3) is 0 Å². The summed E-state index contributed by atoms with van der Waals surface area (Å²) in [7, 11) is 1.78. The number of amides is 2. The van der Waals surface area contributed by atoms with Gasteiger partial charge in [0.1, 0.15) is 0 Å². The van der Waals surface area contributed by atoms with Gasteiger partial charge in [-0.25, -0.2) is 0 Å². The van der Waals surface area contributed by atoms with Crippen molar-refractivity contribution in [3.63, 3.8) is 0 Å². The number of nitrogens with zero attached hydrogens (tertiary/aromatic N) is 1. The highest BCUT2D eigenvalue weighted by Crippen LogP contribution is 2.29. The molecule has 0 atom stereocenters. The fourth-order valence-electron chi connectivity index (χ4n) is 1.98. The lowest BCUT2D eigenvalue weighted by molar-refractivity contribution is -0.118. The van der Waals surface area contributed by atoms with E-state index in [0.717, 1.165) is 23.4 Å². The van der Waals surface area contributed by atoms with Gasteiger partial charge in [-0.1, -0.05) is 6.92 Å². The molecule has 1 aromatic carbocycles. The number of rotatable bonds is 2. The van der Waals surface area contributed by atoms with Gasteiger partial charge in [0.2, 0.25) is 11.8 Å². The van der Waals surface area contributed by atoms with E-state index in [9.17, 15) is 9.59 Å². The first-order chi connectivity index (χ1) is 8.11. The highest BCUT2D eigenvalue weighted by molar-refractivity contribution is 5.97. The summed E-state index contributed by atoms with van der Waals surface area (Å²) in [6.45, 7) is 1.82.